The Morgan fingerprint density at radius 2 is 1.88 bits per heavy atom. The van der Waals surface area contributed by atoms with Crippen LogP contribution in [0.1, 0.15) is 10.8 Å². The van der Waals surface area contributed by atoms with Crippen LogP contribution in [0.15, 0.2) is 72.1 Å². The van der Waals surface area contributed by atoms with Crippen molar-refractivity contribution in [2.75, 3.05) is 7.11 Å². The summed E-state index contributed by atoms with van der Waals surface area (Å²) < 4.78 is 7.10. The second kappa shape index (κ2) is 7.23. The zero-order valence-corrected chi connectivity index (χ0v) is 13.9. The third kappa shape index (κ3) is 3.44. The molecule has 0 aliphatic heterocycles. The van der Waals surface area contributed by atoms with Crippen LogP contribution in [-0.4, -0.2) is 22.6 Å². The van der Waals surface area contributed by atoms with Crippen LogP contribution in [0.2, 0.25) is 0 Å². The quantitative estimate of drug-likeness (QED) is 0.700. The van der Waals surface area contributed by atoms with E-state index in [0.29, 0.717) is 5.16 Å². The van der Waals surface area contributed by atoms with Gasteiger partial charge in [0.1, 0.15) is 11.0 Å². The van der Waals surface area contributed by atoms with Crippen LogP contribution in [0.5, 0.6) is 5.75 Å². The number of aromatic nitrogens is 2. The van der Waals surface area contributed by atoms with Crippen LogP contribution in [-0.2, 0) is 4.79 Å². The Morgan fingerprint density at radius 3 is 2.50 bits per heavy atom. The van der Waals surface area contributed by atoms with Crippen LogP contribution in [0, 0.1) is 0 Å². The van der Waals surface area contributed by atoms with Gasteiger partial charge in [-0.15, -0.1) is 0 Å². The number of nitrogens with two attached hydrogens (primary N) is 1. The molecule has 1 unspecified atom stereocenters. The topological polar surface area (TPSA) is 70.1 Å². The Labute approximate surface area is 144 Å². The van der Waals surface area contributed by atoms with Crippen LogP contribution >= 0.6 is 11.8 Å². The molecule has 5 nitrogen and oxygen atoms in total. The van der Waals surface area contributed by atoms with Gasteiger partial charge < -0.3 is 10.5 Å². The normalized spacial score (nSPS) is 11.9. The molecule has 0 radical (unpaired) electrons. The number of ether oxygens (including phenoxy) is 1. The summed E-state index contributed by atoms with van der Waals surface area (Å²) in [6.45, 7) is 0. The maximum atomic E-state index is 11.9. The number of carbonyl (C=O) groups is 1. The molecule has 0 spiro atoms. The number of rotatable bonds is 6. The molecular formula is C18H17N3O2S. The number of hydrogen-bond acceptors (Lipinski definition) is 4. The van der Waals surface area contributed by atoms with Crippen LogP contribution in [0.25, 0.3) is 5.69 Å². The zero-order chi connectivity index (χ0) is 16.9. The number of primary amides is 1. The van der Waals surface area contributed by atoms with E-state index in [9.17, 15) is 4.79 Å². The monoisotopic (exact) mass is 339 g/mol. The van der Waals surface area contributed by atoms with E-state index in [-0.39, 0.29) is 0 Å². The lowest BCUT2D eigenvalue weighted by Gasteiger charge is -2.14. The summed E-state index contributed by atoms with van der Waals surface area (Å²) in [7, 11) is 1.63. The van der Waals surface area contributed by atoms with Gasteiger partial charge in [0.2, 0.25) is 5.91 Å². The van der Waals surface area contributed by atoms with E-state index in [4.69, 9.17) is 10.5 Å². The lowest BCUT2D eigenvalue weighted by atomic mass is 10.1. The van der Waals surface area contributed by atoms with Crippen molar-refractivity contribution in [3.05, 3.63) is 72.6 Å². The minimum absolute atomic E-state index is 0.393. The smallest absolute Gasteiger partial charge is 0.235 e. The molecule has 0 bridgehead atoms. The summed E-state index contributed by atoms with van der Waals surface area (Å²) in [5.74, 6) is 0.392. The van der Waals surface area contributed by atoms with Gasteiger partial charge in [-0.1, -0.05) is 42.1 Å². The van der Waals surface area contributed by atoms with Crippen LogP contribution in [0.4, 0.5) is 0 Å². The van der Waals surface area contributed by atoms with Crippen molar-refractivity contribution >= 4 is 17.7 Å². The van der Waals surface area contributed by atoms with Crippen molar-refractivity contribution in [2.24, 2.45) is 5.73 Å². The molecule has 1 heterocycles. The van der Waals surface area contributed by atoms with Gasteiger partial charge in [-0.2, -0.15) is 0 Å². The number of nitrogens with zero attached hydrogens (tertiary/aromatic N) is 2. The predicted molar refractivity (Wildman–Crippen MR) is 94.4 cm³/mol. The van der Waals surface area contributed by atoms with Crippen molar-refractivity contribution < 1.29 is 9.53 Å². The Kier molecular flexibility index (Phi) is 4.86. The third-order valence-corrected chi connectivity index (χ3v) is 4.79. The molecule has 0 saturated heterocycles. The SMILES string of the molecule is COc1ccc(-n2ccnc2SC(C(N)=O)c2ccccc2)cc1. The molecule has 2 N–H and O–H groups in total. The highest BCUT2D eigenvalue weighted by atomic mass is 32.2. The fraction of sp³-hybridized carbons (Fsp3) is 0.111. The molecule has 3 rings (SSSR count). The summed E-state index contributed by atoms with van der Waals surface area (Å²) in [5, 5.41) is 0.207. The first kappa shape index (κ1) is 16.1. The fourth-order valence-corrected chi connectivity index (χ4v) is 3.36. The average molecular weight is 339 g/mol. The first-order chi connectivity index (χ1) is 11.7. The number of thioether (sulfide) groups is 1. The molecule has 0 aliphatic rings. The van der Waals surface area contributed by atoms with Gasteiger partial charge in [0.15, 0.2) is 5.16 Å². The molecule has 122 valence electrons. The van der Waals surface area contributed by atoms with Gasteiger partial charge in [0.25, 0.3) is 0 Å². The van der Waals surface area contributed by atoms with Crippen molar-refractivity contribution in [2.45, 2.75) is 10.4 Å². The number of carbonyl (C=O) groups excluding carboxylic acids is 1. The van der Waals surface area contributed by atoms with E-state index < -0.39 is 11.2 Å². The lowest BCUT2D eigenvalue weighted by molar-refractivity contribution is -0.117. The molecule has 0 saturated carbocycles. The first-order valence-electron chi connectivity index (χ1n) is 7.37. The van der Waals surface area contributed by atoms with E-state index in [1.807, 2.05) is 65.4 Å². The van der Waals surface area contributed by atoms with Crippen molar-refractivity contribution in [3.8, 4) is 11.4 Å². The maximum Gasteiger partial charge on any atom is 0.235 e. The Morgan fingerprint density at radius 1 is 1.17 bits per heavy atom. The Bertz CT molecular complexity index is 816. The largest absolute Gasteiger partial charge is 0.497 e. The number of methoxy groups -OCH3 is 1. The van der Waals surface area contributed by atoms with Crippen molar-refractivity contribution in [1.82, 2.24) is 9.55 Å². The zero-order valence-electron chi connectivity index (χ0n) is 13.1. The molecule has 3 aromatic rings. The van der Waals surface area contributed by atoms with E-state index in [2.05, 4.69) is 4.98 Å². The summed E-state index contributed by atoms with van der Waals surface area (Å²) >= 11 is 1.33. The Balaban J connectivity index is 1.90. The number of imidazole rings is 1. The van der Waals surface area contributed by atoms with Crippen molar-refractivity contribution in [1.29, 1.82) is 0 Å². The minimum atomic E-state index is -0.495. The maximum absolute atomic E-state index is 11.9. The average Bonchev–Trinajstić information content (AvgIpc) is 3.08. The second-order valence-corrected chi connectivity index (χ2v) is 6.16. The number of hydrogen-bond donors (Lipinski definition) is 1. The van der Waals surface area contributed by atoms with E-state index >= 15 is 0 Å². The lowest BCUT2D eigenvalue weighted by Crippen LogP contribution is -2.19. The Hall–Kier alpha value is -2.73. The number of amides is 1. The van der Waals surface area contributed by atoms with Crippen LogP contribution < -0.4 is 10.5 Å². The van der Waals surface area contributed by atoms with Gasteiger partial charge in [-0.25, -0.2) is 4.98 Å². The second-order valence-electron chi connectivity index (χ2n) is 5.09. The van der Waals surface area contributed by atoms with Gasteiger partial charge in [-0.05, 0) is 29.8 Å². The highest BCUT2D eigenvalue weighted by Gasteiger charge is 2.21. The summed E-state index contributed by atoms with van der Waals surface area (Å²) in [4.78, 5) is 16.3. The molecule has 24 heavy (non-hydrogen) atoms. The van der Waals surface area contributed by atoms with Gasteiger partial charge >= 0.3 is 0 Å². The number of benzene rings is 2. The molecule has 2 aromatic carbocycles. The summed E-state index contributed by atoms with van der Waals surface area (Å²) in [6.07, 6.45) is 3.56. The third-order valence-electron chi connectivity index (χ3n) is 3.54. The standard InChI is InChI=1S/C18H17N3O2S/c1-23-15-9-7-14(8-10-15)21-12-11-20-18(21)24-16(17(19)22)13-5-3-2-4-6-13/h2-12,16H,1H3,(H2,19,22). The van der Waals surface area contributed by atoms with Gasteiger partial charge in [-0.3, -0.25) is 9.36 Å². The summed E-state index contributed by atoms with van der Waals surface area (Å²) in [5.41, 5.74) is 7.40. The summed E-state index contributed by atoms with van der Waals surface area (Å²) in [6, 6.07) is 17.1. The van der Waals surface area contributed by atoms with Gasteiger partial charge in [0, 0.05) is 18.1 Å². The molecule has 0 aliphatic carbocycles. The minimum Gasteiger partial charge on any atom is -0.497 e. The van der Waals surface area contributed by atoms with Gasteiger partial charge in [0.05, 0.1) is 7.11 Å². The molecule has 6 heteroatoms. The molecule has 0 fully saturated rings. The van der Waals surface area contributed by atoms with E-state index in [1.165, 1.54) is 11.8 Å². The highest BCUT2D eigenvalue weighted by molar-refractivity contribution is 8.00. The molecule has 1 atom stereocenters. The van der Waals surface area contributed by atoms with E-state index in [0.717, 1.165) is 17.0 Å². The van der Waals surface area contributed by atoms with E-state index in [1.54, 1.807) is 13.3 Å². The van der Waals surface area contributed by atoms with Crippen molar-refractivity contribution in [3.63, 3.8) is 0 Å². The molecular weight excluding hydrogens is 322 g/mol. The molecule has 1 amide bonds. The van der Waals surface area contributed by atoms with Crippen LogP contribution in [0.3, 0.4) is 0 Å². The molecule has 1 aromatic heterocycles. The highest BCUT2D eigenvalue weighted by Crippen LogP contribution is 2.35. The fourth-order valence-electron chi connectivity index (χ4n) is 2.34. The first-order valence-corrected chi connectivity index (χ1v) is 8.25. The predicted octanol–water partition coefficient (Wildman–Crippen LogP) is 3.20.